The summed E-state index contributed by atoms with van der Waals surface area (Å²) in [6, 6.07) is 23.2. The molecule has 5 rings (SSSR count). The molecule has 1 aliphatic carbocycles. The number of pyridine rings is 1. The Kier molecular flexibility index (Phi) is 5.26. The van der Waals surface area contributed by atoms with Gasteiger partial charge in [0.25, 0.3) is 0 Å². The van der Waals surface area contributed by atoms with Crippen molar-refractivity contribution in [2.45, 2.75) is 39.5 Å². The van der Waals surface area contributed by atoms with Gasteiger partial charge in [-0.2, -0.15) is 0 Å². The molecule has 3 nitrogen and oxygen atoms in total. The molecule has 0 fully saturated rings. The van der Waals surface area contributed by atoms with E-state index in [1.54, 1.807) is 0 Å². The zero-order chi connectivity index (χ0) is 22.1. The number of ketones is 1. The summed E-state index contributed by atoms with van der Waals surface area (Å²) in [5.41, 5.74) is 9.08. The molecular formula is C29H28N2O. The lowest BCUT2D eigenvalue weighted by atomic mass is 9.75. The molecule has 1 aliphatic rings. The van der Waals surface area contributed by atoms with E-state index in [0.29, 0.717) is 6.42 Å². The number of carbonyl (C=O) groups is 1. The van der Waals surface area contributed by atoms with E-state index in [0.717, 1.165) is 47.3 Å². The first-order valence-corrected chi connectivity index (χ1v) is 11.3. The van der Waals surface area contributed by atoms with Crippen molar-refractivity contribution in [1.82, 2.24) is 9.97 Å². The van der Waals surface area contributed by atoms with Crippen LogP contribution in [0.5, 0.6) is 0 Å². The van der Waals surface area contributed by atoms with Crippen molar-refractivity contribution >= 4 is 5.78 Å². The highest BCUT2D eigenvalue weighted by Crippen LogP contribution is 2.40. The predicted octanol–water partition coefficient (Wildman–Crippen LogP) is 6.41. The lowest BCUT2D eigenvalue weighted by Crippen LogP contribution is -2.27. The van der Waals surface area contributed by atoms with Crippen LogP contribution < -0.4 is 0 Å². The van der Waals surface area contributed by atoms with Crippen LogP contribution in [-0.2, 0) is 19.3 Å². The fraction of sp³-hybridized carbons (Fsp3) is 0.241. The van der Waals surface area contributed by atoms with Crippen LogP contribution in [0.4, 0.5) is 0 Å². The molecule has 32 heavy (non-hydrogen) atoms. The van der Waals surface area contributed by atoms with E-state index in [4.69, 9.17) is 0 Å². The van der Waals surface area contributed by atoms with Crippen molar-refractivity contribution in [2.75, 3.05) is 0 Å². The summed E-state index contributed by atoms with van der Waals surface area (Å²) in [7, 11) is 0. The second-order valence-electron chi connectivity index (χ2n) is 9.62. The van der Waals surface area contributed by atoms with Gasteiger partial charge in [-0.25, -0.2) is 0 Å². The minimum absolute atomic E-state index is 0.0209. The third-order valence-electron chi connectivity index (χ3n) is 6.45. The fourth-order valence-corrected chi connectivity index (χ4v) is 4.98. The molecule has 0 radical (unpaired) electrons. The van der Waals surface area contributed by atoms with Crippen LogP contribution in [0.1, 0.15) is 58.6 Å². The number of H-pyrrole nitrogens is 1. The number of benzene rings is 2. The number of hydrogen-bond acceptors (Lipinski definition) is 2. The Hall–Kier alpha value is -3.46. The maximum atomic E-state index is 13.3. The predicted molar refractivity (Wildman–Crippen MR) is 129 cm³/mol. The summed E-state index contributed by atoms with van der Waals surface area (Å²) >= 11 is 0. The fourth-order valence-electron chi connectivity index (χ4n) is 4.98. The van der Waals surface area contributed by atoms with Crippen molar-refractivity contribution in [3.63, 3.8) is 0 Å². The van der Waals surface area contributed by atoms with Gasteiger partial charge in [0.2, 0.25) is 0 Å². The third kappa shape index (κ3) is 4.03. The number of nitrogens with one attached hydrogen (secondary N) is 1. The van der Waals surface area contributed by atoms with Gasteiger partial charge in [0.05, 0.1) is 5.69 Å². The van der Waals surface area contributed by atoms with Crippen LogP contribution in [-0.4, -0.2) is 15.8 Å². The van der Waals surface area contributed by atoms with Gasteiger partial charge in [0.1, 0.15) is 0 Å². The molecule has 0 unspecified atom stereocenters. The molecule has 1 N–H and O–H groups in total. The van der Waals surface area contributed by atoms with Crippen molar-refractivity contribution in [3.05, 3.63) is 113 Å². The molecule has 0 amide bonds. The van der Waals surface area contributed by atoms with E-state index in [9.17, 15) is 4.79 Å². The zero-order valence-corrected chi connectivity index (χ0v) is 18.7. The summed E-state index contributed by atoms with van der Waals surface area (Å²) < 4.78 is 0. The summed E-state index contributed by atoms with van der Waals surface area (Å²) in [4.78, 5) is 21.1. The second kappa shape index (κ2) is 8.23. The SMILES string of the molecule is CC1(C)CC(=O)c2c([nH]c(-c3ccncc3)c2Cc2ccccc2Cc2ccccc2)C1. The first-order chi connectivity index (χ1) is 15.5. The van der Waals surface area contributed by atoms with Gasteiger partial charge in [0.15, 0.2) is 5.78 Å². The van der Waals surface area contributed by atoms with E-state index in [1.165, 1.54) is 16.7 Å². The van der Waals surface area contributed by atoms with Gasteiger partial charge in [-0.1, -0.05) is 68.4 Å². The number of aromatic amines is 1. The summed E-state index contributed by atoms with van der Waals surface area (Å²) in [6.45, 7) is 4.35. The molecule has 0 spiro atoms. The Morgan fingerprint density at radius 1 is 0.844 bits per heavy atom. The average molecular weight is 421 g/mol. The zero-order valence-electron chi connectivity index (χ0n) is 18.7. The normalized spacial score (nSPS) is 14.9. The smallest absolute Gasteiger partial charge is 0.165 e. The first kappa shape index (κ1) is 20.4. The maximum absolute atomic E-state index is 13.3. The molecule has 0 atom stereocenters. The van der Waals surface area contributed by atoms with Crippen molar-refractivity contribution < 1.29 is 4.79 Å². The standard InChI is InChI=1S/C29H28N2O/c1-29(2)18-25-27(26(32)19-29)24(28(31-25)21-12-14-30-15-13-21)17-23-11-7-6-10-22(23)16-20-8-4-3-5-9-20/h3-15,31H,16-19H2,1-2H3. The van der Waals surface area contributed by atoms with Gasteiger partial charge < -0.3 is 4.98 Å². The maximum Gasteiger partial charge on any atom is 0.165 e. The number of nitrogens with zero attached hydrogens (tertiary/aromatic N) is 1. The van der Waals surface area contributed by atoms with Gasteiger partial charge in [-0.3, -0.25) is 9.78 Å². The van der Waals surface area contributed by atoms with E-state index in [-0.39, 0.29) is 11.2 Å². The Morgan fingerprint density at radius 3 is 2.22 bits per heavy atom. The number of Topliss-reactive ketones (excluding diaryl/α,β-unsaturated/α-hetero) is 1. The van der Waals surface area contributed by atoms with E-state index in [1.807, 2.05) is 24.5 Å². The Labute approximate surface area is 189 Å². The number of carbonyl (C=O) groups excluding carboxylic acids is 1. The molecule has 0 saturated heterocycles. The summed E-state index contributed by atoms with van der Waals surface area (Å²) in [5.74, 6) is 0.253. The monoisotopic (exact) mass is 420 g/mol. The molecule has 0 bridgehead atoms. The van der Waals surface area contributed by atoms with Crippen LogP contribution in [0.2, 0.25) is 0 Å². The van der Waals surface area contributed by atoms with Crippen LogP contribution in [0.15, 0.2) is 79.1 Å². The Morgan fingerprint density at radius 2 is 1.50 bits per heavy atom. The number of fused-ring (bicyclic) bond motifs is 1. The van der Waals surface area contributed by atoms with Gasteiger partial charge in [0, 0.05) is 42.1 Å². The number of hydrogen-bond donors (Lipinski definition) is 1. The lowest BCUT2D eigenvalue weighted by molar-refractivity contribution is 0.0911. The molecule has 2 heterocycles. The second-order valence-corrected chi connectivity index (χ2v) is 9.62. The van der Waals surface area contributed by atoms with Crippen LogP contribution >= 0.6 is 0 Å². The molecule has 4 aromatic rings. The van der Waals surface area contributed by atoms with Crippen LogP contribution in [0, 0.1) is 5.41 Å². The quantitative estimate of drug-likeness (QED) is 0.405. The molecule has 3 heteroatoms. The molecule has 0 saturated carbocycles. The van der Waals surface area contributed by atoms with E-state index < -0.39 is 0 Å². The summed E-state index contributed by atoms with van der Waals surface area (Å²) in [6.07, 6.45) is 6.72. The van der Waals surface area contributed by atoms with Crippen molar-refractivity contribution in [3.8, 4) is 11.3 Å². The summed E-state index contributed by atoms with van der Waals surface area (Å²) in [5, 5.41) is 0. The van der Waals surface area contributed by atoms with Gasteiger partial charge in [-0.05, 0) is 52.6 Å². The first-order valence-electron chi connectivity index (χ1n) is 11.3. The van der Waals surface area contributed by atoms with Gasteiger partial charge in [-0.15, -0.1) is 0 Å². The lowest BCUT2D eigenvalue weighted by Gasteiger charge is -2.28. The van der Waals surface area contributed by atoms with Crippen molar-refractivity contribution in [2.24, 2.45) is 5.41 Å². The minimum atomic E-state index is -0.0209. The highest BCUT2D eigenvalue weighted by molar-refractivity contribution is 6.02. The highest BCUT2D eigenvalue weighted by Gasteiger charge is 2.35. The van der Waals surface area contributed by atoms with E-state index >= 15 is 0 Å². The van der Waals surface area contributed by atoms with E-state index in [2.05, 4.69) is 78.4 Å². The molecule has 0 aliphatic heterocycles. The average Bonchev–Trinajstić information content (AvgIpc) is 3.13. The third-order valence-corrected chi connectivity index (χ3v) is 6.45. The number of aromatic nitrogens is 2. The Balaban J connectivity index is 1.60. The minimum Gasteiger partial charge on any atom is -0.358 e. The van der Waals surface area contributed by atoms with Crippen LogP contribution in [0.3, 0.4) is 0 Å². The number of rotatable bonds is 5. The molecule has 2 aromatic carbocycles. The molecule has 2 aromatic heterocycles. The molecular weight excluding hydrogens is 392 g/mol. The van der Waals surface area contributed by atoms with Crippen molar-refractivity contribution in [1.29, 1.82) is 0 Å². The largest absolute Gasteiger partial charge is 0.358 e. The van der Waals surface area contributed by atoms with Gasteiger partial charge >= 0.3 is 0 Å². The highest BCUT2D eigenvalue weighted by atomic mass is 16.1. The topological polar surface area (TPSA) is 45.8 Å². The molecule has 160 valence electrons. The van der Waals surface area contributed by atoms with Crippen LogP contribution in [0.25, 0.3) is 11.3 Å². The Bertz CT molecular complexity index is 1250.